The summed E-state index contributed by atoms with van der Waals surface area (Å²) < 4.78 is 0. The molecule has 1 aromatic rings. The molecule has 0 aliphatic heterocycles. The lowest BCUT2D eigenvalue weighted by atomic mass is 10.1. The van der Waals surface area contributed by atoms with Gasteiger partial charge in [0.1, 0.15) is 0 Å². The van der Waals surface area contributed by atoms with Crippen LogP contribution in [0.4, 0.5) is 0 Å². The molecule has 0 atom stereocenters. The van der Waals surface area contributed by atoms with Gasteiger partial charge in [-0.15, -0.1) is 0 Å². The third-order valence-electron chi connectivity index (χ3n) is 2.02. The Hall–Kier alpha value is -1.26. The standard InChI is InChI=1S/C13H17N/c1-4-12-8-5-6-9-13(12)10-7-11-14(2)3/h5-6,8-9H,4,11H2,1-3H3. The minimum Gasteiger partial charge on any atom is -0.299 e. The fraction of sp³-hybridized carbons (Fsp3) is 0.385. The van der Waals surface area contributed by atoms with Gasteiger partial charge in [-0.1, -0.05) is 37.0 Å². The van der Waals surface area contributed by atoms with Crippen molar-refractivity contribution in [2.75, 3.05) is 20.6 Å². The Morgan fingerprint density at radius 3 is 2.57 bits per heavy atom. The highest BCUT2D eigenvalue weighted by molar-refractivity contribution is 5.41. The number of nitrogens with zero attached hydrogens (tertiary/aromatic N) is 1. The Kier molecular flexibility index (Phi) is 4.22. The van der Waals surface area contributed by atoms with Gasteiger partial charge in [-0.25, -0.2) is 0 Å². The van der Waals surface area contributed by atoms with Crippen LogP contribution in [0.25, 0.3) is 0 Å². The second-order valence-corrected chi connectivity index (χ2v) is 3.55. The molecular formula is C13H17N. The smallest absolute Gasteiger partial charge is 0.0600 e. The molecule has 0 saturated heterocycles. The van der Waals surface area contributed by atoms with E-state index in [4.69, 9.17) is 0 Å². The molecule has 0 amide bonds. The molecule has 0 fully saturated rings. The molecule has 0 N–H and O–H groups in total. The number of aryl methyl sites for hydroxylation is 1. The van der Waals surface area contributed by atoms with Gasteiger partial charge >= 0.3 is 0 Å². The van der Waals surface area contributed by atoms with Crippen LogP contribution in [0.5, 0.6) is 0 Å². The van der Waals surface area contributed by atoms with Gasteiger partial charge in [0.05, 0.1) is 6.54 Å². The zero-order chi connectivity index (χ0) is 10.4. The van der Waals surface area contributed by atoms with Gasteiger partial charge in [0.2, 0.25) is 0 Å². The summed E-state index contributed by atoms with van der Waals surface area (Å²) in [4.78, 5) is 2.07. The predicted molar refractivity (Wildman–Crippen MR) is 61.3 cm³/mol. The molecule has 1 aromatic carbocycles. The maximum Gasteiger partial charge on any atom is 0.0600 e. The quantitative estimate of drug-likeness (QED) is 0.641. The van der Waals surface area contributed by atoms with Crippen LogP contribution >= 0.6 is 0 Å². The minimum atomic E-state index is 0.818. The van der Waals surface area contributed by atoms with Crippen molar-refractivity contribution < 1.29 is 0 Å². The van der Waals surface area contributed by atoms with Gasteiger partial charge in [-0.3, -0.25) is 4.90 Å². The normalized spacial score (nSPS) is 9.71. The topological polar surface area (TPSA) is 3.24 Å². The van der Waals surface area contributed by atoms with E-state index in [-0.39, 0.29) is 0 Å². The number of hydrogen-bond donors (Lipinski definition) is 0. The van der Waals surface area contributed by atoms with Gasteiger partial charge in [-0.05, 0) is 32.1 Å². The van der Waals surface area contributed by atoms with E-state index in [1.54, 1.807) is 0 Å². The average molecular weight is 187 g/mol. The van der Waals surface area contributed by atoms with Gasteiger partial charge in [0.25, 0.3) is 0 Å². The molecule has 14 heavy (non-hydrogen) atoms. The summed E-state index contributed by atoms with van der Waals surface area (Å²) in [6, 6.07) is 8.33. The van der Waals surface area contributed by atoms with Crippen LogP contribution in [-0.4, -0.2) is 25.5 Å². The maximum atomic E-state index is 3.20. The van der Waals surface area contributed by atoms with Crippen LogP contribution in [0.3, 0.4) is 0 Å². The van der Waals surface area contributed by atoms with E-state index >= 15 is 0 Å². The Morgan fingerprint density at radius 2 is 1.93 bits per heavy atom. The van der Waals surface area contributed by atoms with Crippen molar-refractivity contribution in [2.45, 2.75) is 13.3 Å². The van der Waals surface area contributed by atoms with Crippen LogP contribution in [0.1, 0.15) is 18.1 Å². The Labute approximate surface area is 86.7 Å². The van der Waals surface area contributed by atoms with E-state index in [2.05, 4.69) is 41.9 Å². The molecular weight excluding hydrogens is 170 g/mol. The summed E-state index contributed by atoms with van der Waals surface area (Å²) in [7, 11) is 4.06. The largest absolute Gasteiger partial charge is 0.299 e. The number of rotatable bonds is 2. The summed E-state index contributed by atoms with van der Waals surface area (Å²) in [6.07, 6.45) is 1.05. The average Bonchev–Trinajstić information content (AvgIpc) is 2.18. The molecule has 0 heterocycles. The molecule has 0 aliphatic rings. The second kappa shape index (κ2) is 5.47. The lowest BCUT2D eigenvalue weighted by Gasteiger charge is -2.02. The molecule has 0 aromatic heterocycles. The third-order valence-corrected chi connectivity index (χ3v) is 2.02. The maximum absolute atomic E-state index is 3.20. The van der Waals surface area contributed by atoms with Crippen LogP contribution in [0.15, 0.2) is 24.3 Å². The van der Waals surface area contributed by atoms with E-state index in [0.29, 0.717) is 0 Å². The highest BCUT2D eigenvalue weighted by atomic mass is 15.0. The highest BCUT2D eigenvalue weighted by Gasteiger charge is 1.94. The first-order chi connectivity index (χ1) is 6.74. The van der Waals surface area contributed by atoms with Crippen LogP contribution in [-0.2, 0) is 6.42 Å². The Morgan fingerprint density at radius 1 is 1.21 bits per heavy atom. The summed E-state index contributed by atoms with van der Waals surface area (Å²) >= 11 is 0. The van der Waals surface area contributed by atoms with Crippen molar-refractivity contribution in [1.29, 1.82) is 0 Å². The molecule has 1 nitrogen and oxygen atoms in total. The fourth-order valence-electron chi connectivity index (χ4n) is 1.24. The molecule has 0 radical (unpaired) electrons. The predicted octanol–water partition coefficient (Wildman–Crippen LogP) is 2.16. The van der Waals surface area contributed by atoms with Gasteiger partial charge in [-0.2, -0.15) is 0 Å². The van der Waals surface area contributed by atoms with Gasteiger partial charge in [0, 0.05) is 5.56 Å². The van der Waals surface area contributed by atoms with Gasteiger partial charge in [0.15, 0.2) is 0 Å². The Bertz CT molecular complexity index is 342. The van der Waals surface area contributed by atoms with E-state index in [1.165, 1.54) is 5.56 Å². The third kappa shape index (κ3) is 3.24. The van der Waals surface area contributed by atoms with Crippen molar-refractivity contribution in [3.05, 3.63) is 35.4 Å². The zero-order valence-electron chi connectivity index (χ0n) is 9.17. The molecule has 1 rings (SSSR count). The van der Waals surface area contributed by atoms with Crippen molar-refractivity contribution in [3.63, 3.8) is 0 Å². The lowest BCUT2D eigenvalue weighted by Crippen LogP contribution is -2.10. The lowest BCUT2D eigenvalue weighted by molar-refractivity contribution is 0.464. The van der Waals surface area contributed by atoms with Crippen molar-refractivity contribution in [3.8, 4) is 11.8 Å². The minimum absolute atomic E-state index is 0.818. The first-order valence-electron chi connectivity index (χ1n) is 4.95. The van der Waals surface area contributed by atoms with Crippen LogP contribution in [0, 0.1) is 11.8 Å². The highest BCUT2D eigenvalue weighted by Crippen LogP contribution is 2.07. The van der Waals surface area contributed by atoms with Crippen molar-refractivity contribution in [2.24, 2.45) is 0 Å². The van der Waals surface area contributed by atoms with E-state index < -0.39 is 0 Å². The van der Waals surface area contributed by atoms with E-state index in [1.807, 2.05) is 20.2 Å². The SMILES string of the molecule is CCc1ccccc1C#CCN(C)C. The van der Waals surface area contributed by atoms with Crippen LogP contribution in [0.2, 0.25) is 0 Å². The fourth-order valence-corrected chi connectivity index (χ4v) is 1.24. The molecule has 0 unspecified atom stereocenters. The molecule has 1 heteroatoms. The Balaban J connectivity index is 2.78. The molecule has 0 saturated carbocycles. The summed E-state index contributed by atoms with van der Waals surface area (Å²) in [5.41, 5.74) is 2.50. The number of hydrogen-bond acceptors (Lipinski definition) is 1. The summed E-state index contributed by atoms with van der Waals surface area (Å²) in [6.45, 7) is 2.98. The van der Waals surface area contributed by atoms with Gasteiger partial charge < -0.3 is 0 Å². The van der Waals surface area contributed by atoms with Crippen LogP contribution < -0.4 is 0 Å². The first kappa shape index (κ1) is 10.8. The molecule has 0 spiro atoms. The van der Waals surface area contributed by atoms with Crippen molar-refractivity contribution in [1.82, 2.24) is 4.90 Å². The first-order valence-corrected chi connectivity index (χ1v) is 4.95. The molecule has 0 aliphatic carbocycles. The van der Waals surface area contributed by atoms with E-state index in [9.17, 15) is 0 Å². The number of benzene rings is 1. The summed E-state index contributed by atoms with van der Waals surface area (Å²) in [5.74, 6) is 6.36. The monoisotopic (exact) mass is 187 g/mol. The summed E-state index contributed by atoms with van der Waals surface area (Å²) in [5, 5.41) is 0. The molecule has 0 bridgehead atoms. The second-order valence-electron chi connectivity index (χ2n) is 3.55. The zero-order valence-corrected chi connectivity index (χ0v) is 9.17. The molecule has 74 valence electrons. The van der Waals surface area contributed by atoms with Crippen molar-refractivity contribution >= 4 is 0 Å². The van der Waals surface area contributed by atoms with E-state index in [0.717, 1.165) is 18.5 Å².